The number of anilines is 1. The molecule has 1 aliphatic heterocycles. The highest BCUT2D eigenvalue weighted by atomic mass is 19.1. The fourth-order valence-electron chi connectivity index (χ4n) is 2.08. The number of carbonyl (C=O) groups is 1. The van der Waals surface area contributed by atoms with E-state index in [1.807, 2.05) is 6.07 Å². The number of hydrogen-bond donors (Lipinski definition) is 1. The molecule has 0 aliphatic carbocycles. The lowest BCUT2D eigenvalue weighted by Crippen LogP contribution is -2.18. The molecular formula is C15H11FN2O. The zero-order valence-electron chi connectivity index (χ0n) is 10.0. The van der Waals surface area contributed by atoms with E-state index in [0.717, 1.165) is 0 Å². The van der Waals surface area contributed by atoms with Gasteiger partial charge in [0.15, 0.2) is 6.04 Å². The molecule has 4 heteroatoms. The summed E-state index contributed by atoms with van der Waals surface area (Å²) < 4.78 is 14.1. The molecule has 1 amide bonds. The molecule has 19 heavy (non-hydrogen) atoms. The number of carbonyl (C=O) groups excluding carboxylic acids is 1. The molecule has 1 N–H and O–H groups in total. The molecule has 0 radical (unpaired) electrons. The van der Waals surface area contributed by atoms with Crippen LogP contribution in [-0.2, 0) is 4.79 Å². The Hall–Kier alpha value is -2.49. The highest BCUT2D eigenvalue weighted by Crippen LogP contribution is 2.27. The highest BCUT2D eigenvalue weighted by molar-refractivity contribution is 6.08. The SMILES string of the molecule is O=C1Nc2ccccc2C(F)=NC1c1ccccc1. The van der Waals surface area contributed by atoms with Crippen LogP contribution in [0.4, 0.5) is 10.1 Å². The lowest BCUT2D eigenvalue weighted by atomic mass is 10.1. The number of amides is 1. The molecule has 3 rings (SSSR count). The van der Waals surface area contributed by atoms with Gasteiger partial charge in [0.25, 0.3) is 5.91 Å². The Labute approximate surface area is 109 Å². The Balaban J connectivity index is 2.08. The maximum atomic E-state index is 14.1. The van der Waals surface area contributed by atoms with E-state index in [4.69, 9.17) is 0 Å². The molecule has 0 fully saturated rings. The number of hydrogen-bond acceptors (Lipinski definition) is 2. The molecule has 2 aromatic carbocycles. The summed E-state index contributed by atoms with van der Waals surface area (Å²) >= 11 is 0. The average Bonchev–Trinajstić information content (AvgIpc) is 2.57. The van der Waals surface area contributed by atoms with Gasteiger partial charge in [-0.2, -0.15) is 4.39 Å². The van der Waals surface area contributed by atoms with E-state index in [9.17, 15) is 9.18 Å². The second-order valence-electron chi connectivity index (χ2n) is 4.27. The minimum absolute atomic E-state index is 0.314. The van der Waals surface area contributed by atoms with Crippen LogP contribution in [0.1, 0.15) is 17.2 Å². The van der Waals surface area contributed by atoms with Crippen molar-refractivity contribution < 1.29 is 9.18 Å². The van der Waals surface area contributed by atoms with E-state index < -0.39 is 12.0 Å². The fraction of sp³-hybridized carbons (Fsp3) is 0.0667. The smallest absolute Gasteiger partial charge is 0.253 e. The molecule has 2 aromatic rings. The molecule has 0 aromatic heterocycles. The molecule has 0 bridgehead atoms. The van der Waals surface area contributed by atoms with E-state index in [-0.39, 0.29) is 5.91 Å². The van der Waals surface area contributed by atoms with Crippen LogP contribution in [0.2, 0.25) is 0 Å². The molecule has 1 unspecified atom stereocenters. The summed E-state index contributed by atoms with van der Waals surface area (Å²) in [5, 5.41) is 2.71. The minimum Gasteiger partial charge on any atom is -0.323 e. The van der Waals surface area contributed by atoms with Crippen LogP contribution < -0.4 is 5.32 Å². The molecule has 0 spiro atoms. The summed E-state index contributed by atoms with van der Waals surface area (Å²) in [4.78, 5) is 16.0. The topological polar surface area (TPSA) is 41.5 Å². The first-order valence-electron chi connectivity index (χ1n) is 5.94. The van der Waals surface area contributed by atoms with Crippen LogP contribution in [0.15, 0.2) is 59.6 Å². The van der Waals surface area contributed by atoms with Gasteiger partial charge >= 0.3 is 0 Å². The molecule has 3 nitrogen and oxygen atoms in total. The van der Waals surface area contributed by atoms with Crippen LogP contribution in [0.25, 0.3) is 0 Å². The van der Waals surface area contributed by atoms with Crippen molar-refractivity contribution in [2.75, 3.05) is 5.32 Å². The molecule has 1 atom stereocenters. The van der Waals surface area contributed by atoms with Crippen molar-refractivity contribution in [3.8, 4) is 0 Å². The maximum Gasteiger partial charge on any atom is 0.253 e. The third-order valence-corrected chi connectivity index (χ3v) is 3.01. The van der Waals surface area contributed by atoms with Gasteiger partial charge in [0.05, 0.1) is 11.3 Å². The summed E-state index contributed by atoms with van der Waals surface area (Å²) in [6.07, 6.45) is 0. The van der Waals surface area contributed by atoms with E-state index in [1.165, 1.54) is 0 Å². The Bertz CT molecular complexity index is 652. The van der Waals surface area contributed by atoms with Crippen molar-refractivity contribution in [3.63, 3.8) is 0 Å². The summed E-state index contributed by atoms with van der Waals surface area (Å²) in [5.74, 6) is -0.950. The van der Waals surface area contributed by atoms with E-state index in [1.54, 1.807) is 48.5 Å². The van der Waals surface area contributed by atoms with Crippen LogP contribution >= 0.6 is 0 Å². The molecule has 94 valence electrons. The van der Waals surface area contributed by atoms with Gasteiger partial charge in [0.2, 0.25) is 5.97 Å². The van der Waals surface area contributed by atoms with Crippen LogP contribution in [0.5, 0.6) is 0 Å². The largest absolute Gasteiger partial charge is 0.323 e. The van der Waals surface area contributed by atoms with E-state index >= 15 is 0 Å². The lowest BCUT2D eigenvalue weighted by Gasteiger charge is -2.10. The van der Waals surface area contributed by atoms with Gasteiger partial charge < -0.3 is 5.32 Å². The third kappa shape index (κ3) is 2.12. The van der Waals surface area contributed by atoms with Gasteiger partial charge in [-0.1, -0.05) is 42.5 Å². The average molecular weight is 254 g/mol. The Morgan fingerprint density at radius 1 is 1.00 bits per heavy atom. The summed E-state index contributed by atoms with van der Waals surface area (Å²) in [7, 11) is 0. The Morgan fingerprint density at radius 2 is 1.68 bits per heavy atom. The highest BCUT2D eigenvalue weighted by Gasteiger charge is 2.26. The fourth-order valence-corrected chi connectivity index (χ4v) is 2.08. The number of aliphatic imine (C=N–C) groups is 1. The number of benzene rings is 2. The lowest BCUT2D eigenvalue weighted by molar-refractivity contribution is -0.117. The maximum absolute atomic E-state index is 14.1. The van der Waals surface area contributed by atoms with Crippen molar-refractivity contribution in [1.29, 1.82) is 0 Å². The molecular weight excluding hydrogens is 243 g/mol. The second kappa shape index (κ2) is 4.65. The molecule has 1 aliphatic rings. The van der Waals surface area contributed by atoms with Gasteiger partial charge in [-0.05, 0) is 17.7 Å². The van der Waals surface area contributed by atoms with Gasteiger partial charge in [-0.25, -0.2) is 4.99 Å². The normalized spacial score (nSPS) is 18.1. The zero-order chi connectivity index (χ0) is 13.2. The number of para-hydroxylation sites is 1. The minimum atomic E-state index is -0.853. The monoisotopic (exact) mass is 254 g/mol. The summed E-state index contributed by atoms with van der Waals surface area (Å²) in [6, 6.07) is 14.8. The quantitative estimate of drug-likeness (QED) is 0.834. The number of fused-ring (bicyclic) bond motifs is 1. The predicted octanol–water partition coefficient (Wildman–Crippen LogP) is 3.10. The molecule has 0 saturated carbocycles. The number of halogens is 1. The third-order valence-electron chi connectivity index (χ3n) is 3.01. The van der Waals surface area contributed by atoms with Crippen molar-refractivity contribution in [3.05, 3.63) is 65.7 Å². The van der Waals surface area contributed by atoms with E-state index in [2.05, 4.69) is 10.3 Å². The summed E-state index contributed by atoms with van der Waals surface area (Å²) in [5.41, 5.74) is 1.43. The molecule has 1 heterocycles. The summed E-state index contributed by atoms with van der Waals surface area (Å²) in [6.45, 7) is 0. The first kappa shape index (κ1) is 11.6. The second-order valence-corrected chi connectivity index (χ2v) is 4.27. The van der Waals surface area contributed by atoms with E-state index in [0.29, 0.717) is 16.8 Å². The van der Waals surface area contributed by atoms with Gasteiger partial charge in [-0.3, -0.25) is 4.79 Å². The van der Waals surface area contributed by atoms with Gasteiger partial charge in [0, 0.05) is 0 Å². The Kier molecular flexibility index (Phi) is 2.83. The van der Waals surface area contributed by atoms with Gasteiger partial charge in [0.1, 0.15) is 0 Å². The van der Waals surface area contributed by atoms with Crippen molar-refractivity contribution in [1.82, 2.24) is 0 Å². The number of nitrogens with one attached hydrogen (secondary N) is 1. The van der Waals surface area contributed by atoms with Crippen LogP contribution in [0.3, 0.4) is 0 Å². The standard InChI is InChI=1S/C15H11FN2O/c16-14-11-8-4-5-9-12(11)17-15(19)13(18-14)10-6-2-1-3-7-10/h1-9,13H,(H,17,19). The Morgan fingerprint density at radius 3 is 2.47 bits per heavy atom. The van der Waals surface area contributed by atoms with Crippen LogP contribution in [0, 0.1) is 0 Å². The van der Waals surface area contributed by atoms with Crippen molar-refractivity contribution >= 4 is 17.6 Å². The van der Waals surface area contributed by atoms with Gasteiger partial charge in [-0.15, -0.1) is 0 Å². The van der Waals surface area contributed by atoms with Crippen molar-refractivity contribution in [2.45, 2.75) is 6.04 Å². The van der Waals surface area contributed by atoms with Crippen molar-refractivity contribution in [2.24, 2.45) is 4.99 Å². The first-order chi connectivity index (χ1) is 9.25. The zero-order valence-corrected chi connectivity index (χ0v) is 10.0. The number of nitrogens with zero attached hydrogens (tertiary/aromatic N) is 1. The molecule has 0 saturated heterocycles. The predicted molar refractivity (Wildman–Crippen MR) is 71.9 cm³/mol. The number of benzodiazepines with no additional fused rings is 1. The van der Waals surface area contributed by atoms with Crippen LogP contribution in [-0.4, -0.2) is 11.9 Å². The first-order valence-corrected chi connectivity index (χ1v) is 5.94. The number of rotatable bonds is 1.